The Morgan fingerprint density at radius 1 is 1.06 bits per heavy atom. The van der Waals surface area contributed by atoms with Crippen molar-refractivity contribution >= 4 is 54.2 Å². The smallest absolute Gasteiger partial charge is 0.261 e. The molecule has 6 heteroatoms. The Bertz CT molecular complexity index is 673. The maximum Gasteiger partial charge on any atom is 0.261 e. The van der Waals surface area contributed by atoms with Crippen LogP contribution in [0.4, 0.5) is 5.69 Å². The maximum atomic E-state index is 12.1. The molecule has 0 saturated carbocycles. The summed E-state index contributed by atoms with van der Waals surface area (Å²) in [5.41, 5.74) is 0.557. The van der Waals surface area contributed by atoms with E-state index in [4.69, 9.17) is 0 Å². The van der Waals surface area contributed by atoms with Gasteiger partial charge in [0.1, 0.15) is 0 Å². The Morgan fingerprint density at radius 3 is 2.44 bits per heavy atom. The van der Waals surface area contributed by atoms with E-state index in [1.54, 1.807) is 42.5 Å². The number of hydrogen-bond acceptors (Lipinski definition) is 2. The molecule has 0 unspecified atom stereocenters. The maximum absolute atomic E-state index is 12.1. The zero-order valence-electron chi connectivity index (χ0n) is 9.10. The van der Waals surface area contributed by atoms with Gasteiger partial charge in [-0.3, -0.25) is 4.72 Å². The van der Waals surface area contributed by atoms with Crippen molar-refractivity contribution in [3.8, 4) is 0 Å². The summed E-state index contributed by atoms with van der Waals surface area (Å²) in [7, 11) is -3.54. The molecule has 0 radical (unpaired) electrons. The van der Waals surface area contributed by atoms with Gasteiger partial charge in [-0.2, -0.15) is 0 Å². The lowest BCUT2D eigenvalue weighted by atomic mass is 10.3. The summed E-state index contributed by atoms with van der Waals surface area (Å²) in [5, 5.41) is 0. The van der Waals surface area contributed by atoms with Crippen molar-refractivity contribution in [3.63, 3.8) is 0 Å². The van der Waals surface area contributed by atoms with Gasteiger partial charge < -0.3 is 0 Å². The summed E-state index contributed by atoms with van der Waals surface area (Å²) in [4.78, 5) is 0.232. The molecule has 0 aliphatic rings. The first-order valence-electron chi connectivity index (χ1n) is 5.01. The molecule has 94 valence electrons. The molecule has 0 aliphatic carbocycles. The zero-order chi connectivity index (χ0) is 13.2. The van der Waals surface area contributed by atoms with Gasteiger partial charge in [-0.25, -0.2) is 8.42 Å². The summed E-state index contributed by atoms with van der Waals surface area (Å²) < 4.78 is 28.5. The van der Waals surface area contributed by atoms with Crippen LogP contribution < -0.4 is 4.72 Å². The lowest BCUT2D eigenvalue weighted by molar-refractivity contribution is 0.601. The fourth-order valence-corrected chi connectivity index (χ4v) is 3.59. The molecule has 0 amide bonds. The third kappa shape index (κ3) is 3.46. The molecular formula is C12H9BrINO2S. The van der Waals surface area contributed by atoms with Crippen molar-refractivity contribution in [1.82, 2.24) is 0 Å². The molecule has 18 heavy (non-hydrogen) atoms. The van der Waals surface area contributed by atoms with Crippen LogP contribution in [0.15, 0.2) is 57.9 Å². The summed E-state index contributed by atoms with van der Waals surface area (Å²) in [6.07, 6.45) is 0. The lowest BCUT2D eigenvalue weighted by Crippen LogP contribution is -2.12. The molecule has 0 saturated heterocycles. The van der Waals surface area contributed by atoms with E-state index in [-0.39, 0.29) is 4.90 Å². The Kier molecular flexibility index (Phi) is 4.29. The predicted molar refractivity (Wildman–Crippen MR) is 84.1 cm³/mol. The number of benzene rings is 2. The minimum absolute atomic E-state index is 0.232. The highest BCUT2D eigenvalue weighted by Gasteiger charge is 2.14. The van der Waals surface area contributed by atoms with Gasteiger partial charge in [0.25, 0.3) is 10.0 Å². The fourth-order valence-electron chi connectivity index (χ4n) is 1.40. The number of rotatable bonds is 3. The van der Waals surface area contributed by atoms with Crippen LogP contribution in [0.5, 0.6) is 0 Å². The Labute approximate surface area is 128 Å². The van der Waals surface area contributed by atoms with Crippen LogP contribution in [-0.2, 0) is 10.0 Å². The minimum Gasteiger partial charge on any atom is -0.280 e. The predicted octanol–water partition coefficient (Wildman–Crippen LogP) is 3.85. The van der Waals surface area contributed by atoms with Gasteiger partial charge in [-0.15, -0.1) is 0 Å². The third-order valence-electron chi connectivity index (χ3n) is 2.18. The van der Waals surface area contributed by atoms with Gasteiger partial charge in [0.05, 0.1) is 4.90 Å². The van der Waals surface area contributed by atoms with E-state index in [2.05, 4.69) is 43.2 Å². The molecule has 2 rings (SSSR count). The average Bonchev–Trinajstić information content (AvgIpc) is 2.28. The first kappa shape index (κ1) is 13.8. The lowest BCUT2D eigenvalue weighted by Gasteiger charge is -2.08. The molecule has 2 aromatic rings. The number of anilines is 1. The Hall–Kier alpha value is -0.600. The van der Waals surface area contributed by atoms with Crippen LogP contribution in [0.2, 0.25) is 0 Å². The first-order valence-corrected chi connectivity index (χ1v) is 8.37. The molecule has 0 spiro atoms. The SMILES string of the molecule is O=S(=O)(Nc1cccc(I)c1)c1cccc(Br)c1. The van der Waals surface area contributed by atoms with Crippen molar-refractivity contribution in [2.45, 2.75) is 4.90 Å². The van der Waals surface area contributed by atoms with E-state index in [0.717, 1.165) is 8.04 Å². The van der Waals surface area contributed by atoms with Crippen LogP contribution >= 0.6 is 38.5 Å². The molecule has 0 atom stereocenters. The molecule has 1 N–H and O–H groups in total. The fraction of sp³-hybridized carbons (Fsp3) is 0. The highest BCUT2D eigenvalue weighted by atomic mass is 127. The minimum atomic E-state index is -3.54. The second kappa shape index (κ2) is 5.58. The summed E-state index contributed by atoms with van der Waals surface area (Å²) in [6.45, 7) is 0. The molecular weight excluding hydrogens is 429 g/mol. The molecule has 0 aromatic heterocycles. The van der Waals surface area contributed by atoms with Gasteiger partial charge >= 0.3 is 0 Å². The molecule has 0 fully saturated rings. The Morgan fingerprint density at radius 2 is 1.78 bits per heavy atom. The van der Waals surface area contributed by atoms with Crippen LogP contribution in [0.25, 0.3) is 0 Å². The van der Waals surface area contributed by atoms with E-state index >= 15 is 0 Å². The van der Waals surface area contributed by atoms with E-state index < -0.39 is 10.0 Å². The van der Waals surface area contributed by atoms with Crippen LogP contribution in [0.1, 0.15) is 0 Å². The van der Waals surface area contributed by atoms with Gasteiger partial charge in [0.15, 0.2) is 0 Å². The second-order valence-electron chi connectivity index (χ2n) is 3.57. The van der Waals surface area contributed by atoms with Crippen LogP contribution in [0, 0.1) is 3.57 Å². The number of halogens is 2. The van der Waals surface area contributed by atoms with E-state index in [1.165, 1.54) is 0 Å². The number of hydrogen-bond donors (Lipinski definition) is 1. The zero-order valence-corrected chi connectivity index (χ0v) is 13.7. The van der Waals surface area contributed by atoms with Gasteiger partial charge in [-0.05, 0) is 59.0 Å². The average molecular weight is 438 g/mol. The number of sulfonamides is 1. The molecule has 2 aromatic carbocycles. The normalized spacial score (nSPS) is 11.2. The van der Waals surface area contributed by atoms with E-state index in [9.17, 15) is 8.42 Å². The van der Waals surface area contributed by atoms with Crippen molar-refractivity contribution < 1.29 is 8.42 Å². The third-order valence-corrected chi connectivity index (χ3v) is 4.73. The van der Waals surface area contributed by atoms with Crippen molar-refractivity contribution in [2.75, 3.05) is 4.72 Å². The van der Waals surface area contributed by atoms with Gasteiger partial charge in [0.2, 0.25) is 0 Å². The summed E-state index contributed by atoms with van der Waals surface area (Å²) >= 11 is 5.39. The Balaban J connectivity index is 2.33. The molecule has 0 heterocycles. The van der Waals surface area contributed by atoms with E-state index in [1.807, 2.05) is 6.07 Å². The standard InChI is InChI=1S/C12H9BrINO2S/c13-9-3-1-6-12(7-9)18(16,17)15-11-5-2-4-10(14)8-11/h1-8,15H. The van der Waals surface area contributed by atoms with Crippen LogP contribution in [0.3, 0.4) is 0 Å². The number of nitrogens with one attached hydrogen (secondary N) is 1. The topological polar surface area (TPSA) is 46.2 Å². The highest BCUT2D eigenvalue weighted by Crippen LogP contribution is 2.20. The molecule has 3 nitrogen and oxygen atoms in total. The van der Waals surface area contributed by atoms with Gasteiger partial charge in [0, 0.05) is 13.7 Å². The monoisotopic (exact) mass is 437 g/mol. The van der Waals surface area contributed by atoms with Gasteiger partial charge in [-0.1, -0.05) is 28.1 Å². The highest BCUT2D eigenvalue weighted by molar-refractivity contribution is 14.1. The van der Waals surface area contributed by atoms with Crippen molar-refractivity contribution in [1.29, 1.82) is 0 Å². The second-order valence-corrected chi connectivity index (χ2v) is 7.42. The first-order chi connectivity index (χ1) is 8.47. The molecule has 0 bridgehead atoms. The largest absolute Gasteiger partial charge is 0.280 e. The van der Waals surface area contributed by atoms with Crippen molar-refractivity contribution in [3.05, 3.63) is 56.6 Å². The summed E-state index contributed by atoms with van der Waals surface area (Å²) in [5.74, 6) is 0. The van der Waals surface area contributed by atoms with Crippen molar-refractivity contribution in [2.24, 2.45) is 0 Å². The van der Waals surface area contributed by atoms with E-state index in [0.29, 0.717) is 5.69 Å². The van der Waals surface area contributed by atoms with Crippen LogP contribution in [-0.4, -0.2) is 8.42 Å². The molecule has 0 aliphatic heterocycles. The quantitative estimate of drug-likeness (QED) is 0.741. The summed E-state index contributed by atoms with van der Waals surface area (Å²) in [6, 6.07) is 13.8.